The molecule has 3 aliphatic heterocycles. The van der Waals surface area contributed by atoms with Crippen molar-refractivity contribution in [1.82, 2.24) is 4.90 Å². The highest BCUT2D eigenvalue weighted by Crippen LogP contribution is 2.71. The Morgan fingerprint density at radius 2 is 1.64 bits per heavy atom. The van der Waals surface area contributed by atoms with Crippen LogP contribution in [0.1, 0.15) is 40.5 Å². The molecule has 2 bridgehead atoms. The van der Waals surface area contributed by atoms with Crippen LogP contribution < -0.4 is 15.5 Å². The summed E-state index contributed by atoms with van der Waals surface area (Å²) in [6, 6.07) is 15.6. The highest BCUT2D eigenvalue weighted by molar-refractivity contribution is 8.02. The Labute approximate surface area is 234 Å². The molecule has 1 spiro atoms. The minimum Gasteiger partial charge on any atom is -0.394 e. The van der Waals surface area contributed by atoms with E-state index in [1.165, 1.54) is 0 Å². The van der Waals surface area contributed by atoms with E-state index in [1.54, 1.807) is 23.6 Å². The lowest BCUT2D eigenvalue weighted by Crippen LogP contribution is -2.54. The highest BCUT2D eigenvalue weighted by Gasteiger charge is 2.77. The van der Waals surface area contributed by atoms with E-state index in [9.17, 15) is 19.5 Å². The van der Waals surface area contributed by atoms with E-state index in [2.05, 4.69) is 29.4 Å². The molecule has 2 aromatic rings. The van der Waals surface area contributed by atoms with Gasteiger partial charge in [-0.15, -0.1) is 11.8 Å². The van der Waals surface area contributed by atoms with E-state index in [0.717, 1.165) is 25.2 Å². The predicted molar refractivity (Wildman–Crippen MR) is 156 cm³/mol. The molecule has 3 heterocycles. The first-order valence-corrected chi connectivity index (χ1v) is 14.7. The molecule has 9 heteroatoms. The Morgan fingerprint density at radius 3 is 2.26 bits per heavy atom. The molecule has 3 amide bonds. The number of nitrogens with zero attached hydrogens (tertiary/aromatic N) is 2. The highest BCUT2D eigenvalue weighted by atomic mass is 32.2. The third-order valence-electron chi connectivity index (χ3n) is 8.79. The molecule has 3 saturated heterocycles. The fourth-order valence-corrected chi connectivity index (χ4v) is 9.27. The van der Waals surface area contributed by atoms with Gasteiger partial charge in [0.15, 0.2) is 0 Å². The number of amides is 3. The summed E-state index contributed by atoms with van der Waals surface area (Å²) >= 11 is 1.62. The van der Waals surface area contributed by atoms with Crippen LogP contribution >= 0.6 is 11.8 Å². The molecule has 6 atom stereocenters. The van der Waals surface area contributed by atoms with E-state index >= 15 is 0 Å². The molecule has 2 unspecified atom stereocenters. The number of aliphatic hydroxyl groups excluding tert-OH is 1. The SMILES string of the molecule is CCN(CC)c1ccc(NC(=O)C2N([C@H](C)CO)C(=O)[C@@H]3[C@H](C(=O)Nc4ccccc4)[C@]4(C)CCC23S4)cc1. The number of fused-ring (bicyclic) bond motifs is 1. The number of thioether (sulfide) groups is 1. The second-order valence-electron chi connectivity index (χ2n) is 11.1. The first-order valence-electron chi connectivity index (χ1n) is 13.8. The van der Waals surface area contributed by atoms with Gasteiger partial charge in [-0.05, 0) is 76.9 Å². The van der Waals surface area contributed by atoms with E-state index in [0.29, 0.717) is 17.8 Å². The van der Waals surface area contributed by atoms with Crippen LogP contribution in [0.25, 0.3) is 0 Å². The van der Waals surface area contributed by atoms with Gasteiger partial charge in [0, 0.05) is 34.9 Å². The van der Waals surface area contributed by atoms with E-state index in [1.807, 2.05) is 61.5 Å². The maximum absolute atomic E-state index is 14.1. The molecular formula is C30H38N4O4S. The maximum Gasteiger partial charge on any atom is 0.248 e. The van der Waals surface area contributed by atoms with Gasteiger partial charge in [0.25, 0.3) is 0 Å². The lowest BCUT2D eigenvalue weighted by atomic mass is 9.66. The summed E-state index contributed by atoms with van der Waals surface area (Å²) in [5.74, 6) is -1.91. The molecule has 0 radical (unpaired) electrons. The van der Waals surface area contributed by atoms with Gasteiger partial charge in [-0.2, -0.15) is 0 Å². The molecule has 2 aromatic carbocycles. The Kier molecular flexibility index (Phi) is 7.41. The van der Waals surface area contributed by atoms with Crippen molar-refractivity contribution >= 4 is 46.5 Å². The van der Waals surface area contributed by atoms with Crippen LogP contribution in [0.2, 0.25) is 0 Å². The number of hydrogen-bond acceptors (Lipinski definition) is 6. The van der Waals surface area contributed by atoms with Gasteiger partial charge in [0.05, 0.1) is 29.2 Å². The number of carbonyl (C=O) groups excluding carboxylic acids is 3. The summed E-state index contributed by atoms with van der Waals surface area (Å²) in [6.45, 7) is 9.52. The Balaban J connectivity index is 1.46. The third-order valence-corrected chi connectivity index (χ3v) is 10.8. The number of rotatable bonds is 9. The molecule has 3 N–H and O–H groups in total. The minimum atomic E-state index is -0.791. The van der Waals surface area contributed by atoms with Crippen molar-refractivity contribution in [3.63, 3.8) is 0 Å². The van der Waals surface area contributed by atoms with Gasteiger partial charge >= 0.3 is 0 Å². The number of likely N-dealkylation sites (tertiary alicyclic amines) is 1. The van der Waals surface area contributed by atoms with Crippen molar-refractivity contribution in [3.8, 4) is 0 Å². The first kappa shape index (κ1) is 27.5. The van der Waals surface area contributed by atoms with Crippen molar-refractivity contribution in [1.29, 1.82) is 0 Å². The number of benzene rings is 2. The van der Waals surface area contributed by atoms with Crippen LogP contribution in [-0.2, 0) is 14.4 Å². The molecular weight excluding hydrogens is 512 g/mol. The Bertz CT molecular complexity index is 1240. The summed E-state index contributed by atoms with van der Waals surface area (Å²) in [5.41, 5.74) is 2.41. The molecule has 5 rings (SSSR count). The van der Waals surface area contributed by atoms with Gasteiger partial charge in [-0.3, -0.25) is 14.4 Å². The van der Waals surface area contributed by atoms with Crippen LogP contribution in [0.15, 0.2) is 54.6 Å². The van der Waals surface area contributed by atoms with Crippen LogP contribution in [0, 0.1) is 11.8 Å². The average Bonchev–Trinajstić information content (AvgIpc) is 3.51. The first-order chi connectivity index (χ1) is 18.7. The van der Waals surface area contributed by atoms with Crippen molar-refractivity contribution in [3.05, 3.63) is 54.6 Å². The lowest BCUT2D eigenvalue weighted by Gasteiger charge is -2.36. The molecule has 208 valence electrons. The average molecular weight is 551 g/mol. The molecule has 3 aliphatic rings. The lowest BCUT2D eigenvalue weighted by molar-refractivity contribution is -0.141. The quantitative estimate of drug-likeness (QED) is 0.437. The van der Waals surface area contributed by atoms with Gasteiger partial charge in [-0.25, -0.2) is 0 Å². The summed E-state index contributed by atoms with van der Waals surface area (Å²) in [4.78, 5) is 45.5. The second kappa shape index (κ2) is 10.5. The molecule has 0 aliphatic carbocycles. The Hall–Kier alpha value is -3.04. The van der Waals surface area contributed by atoms with Gasteiger partial charge < -0.3 is 25.5 Å². The summed E-state index contributed by atoms with van der Waals surface area (Å²) in [5, 5.41) is 16.1. The van der Waals surface area contributed by atoms with E-state index in [4.69, 9.17) is 0 Å². The molecule has 0 saturated carbocycles. The topological polar surface area (TPSA) is 102 Å². The fourth-order valence-electron chi connectivity index (χ4n) is 6.92. The minimum absolute atomic E-state index is 0.194. The number of nitrogens with one attached hydrogen (secondary N) is 2. The monoisotopic (exact) mass is 550 g/mol. The van der Waals surface area contributed by atoms with Crippen molar-refractivity contribution in [2.45, 2.75) is 62.1 Å². The smallest absolute Gasteiger partial charge is 0.248 e. The second-order valence-corrected chi connectivity index (χ2v) is 13.0. The largest absolute Gasteiger partial charge is 0.394 e. The number of anilines is 3. The number of aliphatic hydroxyl groups is 1. The van der Waals surface area contributed by atoms with Crippen LogP contribution in [0.5, 0.6) is 0 Å². The zero-order chi connectivity index (χ0) is 27.9. The van der Waals surface area contributed by atoms with Gasteiger partial charge in [0.2, 0.25) is 17.7 Å². The zero-order valence-corrected chi connectivity index (χ0v) is 23.8. The maximum atomic E-state index is 14.1. The summed E-state index contributed by atoms with van der Waals surface area (Å²) in [6.07, 6.45) is 1.39. The normalized spacial score (nSPS) is 29.7. The van der Waals surface area contributed by atoms with Crippen molar-refractivity contribution in [2.24, 2.45) is 11.8 Å². The number of carbonyl (C=O) groups is 3. The van der Waals surface area contributed by atoms with Crippen LogP contribution in [0.4, 0.5) is 17.1 Å². The van der Waals surface area contributed by atoms with Crippen molar-refractivity contribution in [2.75, 3.05) is 35.2 Å². The van der Waals surface area contributed by atoms with Crippen molar-refractivity contribution < 1.29 is 19.5 Å². The van der Waals surface area contributed by atoms with Crippen LogP contribution in [0.3, 0.4) is 0 Å². The van der Waals surface area contributed by atoms with E-state index < -0.39 is 33.4 Å². The molecule has 0 aromatic heterocycles. The standard InChI is InChI=1S/C30H38N4O4S/c1-5-33(6-2)22-14-12-21(13-15-22)32-27(37)25-30-17-16-29(4,39-30)23(24(30)28(38)34(25)19(3)18-35)26(36)31-20-10-8-7-9-11-20/h7-15,19,23-25,35H,5-6,16-18H2,1-4H3,(H,31,36)(H,32,37)/t19-,23-,24+,25?,29+,30?/m1/s1. The fraction of sp³-hybridized carbons (Fsp3) is 0.500. The summed E-state index contributed by atoms with van der Waals surface area (Å²) in [7, 11) is 0. The molecule has 3 fully saturated rings. The number of hydrogen-bond donors (Lipinski definition) is 3. The van der Waals surface area contributed by atoms with Crippen LogP contribution in [-0.4, -0.2) is 69.0 Å². The Morgan fingerprint density at radius 1 is 1.03 bits per heavy atom. The predicted octanol–water partition coefficient (Wildman–Crippen LogP) is 3.97. The number of para-hydroxylation sites is 1. The zero-order valence-electron chi connectivity index (χ0n) is 23.0. The third kappa shape index (κ3) is 4.49. The summed E-state index contributed by atoms with van der Waals surface area (Å²) < 4.78 is -1.20. The van der Waals surface area contributed by atoms with Gasteiger partial charge in [-0.1, -0.05) is 18.2 Å². The van der Waals surface area contributed by atoms with Gasteiger partial charge in [0.1, 0.15) is 6.04 Å². The van der Waals surface area contributed by atoms with E-state index in [-0.39, 0.29) is 24.3 Å². The molecule has 39 heavy (non-hydrogen) atoms. The molecule has 8 nitrogen and oxygen atoms in total.